The highest BCUT2D eigenvalue weighted by Gasteiger charge is 2.40. The Morgan fingerprint density at radius 3 is 2.14 bits per heavy atom. The van der Waals surface area contributed by atoms with Crippen LogP contribution in [0.1, 0.15) is 52.9 Å². The Labute approximate surface area is 169 Å². The number of rotatable bonds is 7. The molecule has 29 heavy (non-hydrogen) atoms. The zero-order valence-electron chi connectivity index (χ0n) is 16.6. The van der Waals surface area contributed by atoms with Crippen LogP contribution < -0.4 is 0 Å². The van der Waals surface area contributed by atoms with Gasteiger partial charge in [0.05, 0.1) is 9.82 Å². The fourth-order valence-corrected chi connectivity index (χ4v) is 4.08. The second-order valence-corrected chi connectivity index (χ2v) is 9.52. The highest BCUT2D eigenvalue weighted by molar-refractivity contribution is 7.86. The molecule has 0 saturated heterocycles. The first-order valence-corrected chi connectivity index (χ1v) is 10.8. The number of esters is 1. The number of non-ortho nitro benzene ring substituents is 1. The summed E-state index contributed by atoms with van der Waals surface area (Å²) < 4.78 is 35.5. The lowest BCUT2D eigenvalue weighted by atomic mass is 9.84. The van der Waals surface area contributed by atoms with Crippen molar-refractivity contribution in [2.45, 2.75) is 69.5 Å². The molecule has 2 rings (SSSR count). The number of nitrogens with zero attached hydrogens (tertiary/aromatic N) is 1. The third kappa shape index (κ3) is 6.33. The molecule has 0 amide bonds. The molecule has 0 bridgehead atoms. The molecular weight excluding hydrogens is 402 g/mol. The topological polar surface area (TPSA) is 130 Å². The summed E-state index contributed by atoms with van der Waals surface area (Å²) in [6.45, 7) is 4.79. The summed E-state index contributed by atoms with van der Waals surface area (Å²) in [6.07, 6.45) is 1.79. The number of carbonyl (C=O) groups excluding carboxylic acids is 2. The Morgan fingerprint density at radius 2 is 1.66 bits per heavy atom. The maximum Gasteiger partial charge on any atom is 0.345 e. The molecule has 0 heterocycles. The van der Waals surface area contributed by atoms with Crippen molar-refractivity contribution in [2.75, 3.05) is 0 Å². The number of carbonyl (C=O) groups is 2. The average molecular weight is 427 g/mol. The Bertz CT molecular complexity index is 864. The maximum absolute atomic E-state index is 12.9. The summed E-state index contributed by atoms with van der Waals surface area (Å²) >= 11 is 0. The molecule has 1 unspecified atom stereocenters. The van der Waals surface area contributed by atoms with E-state index in [4.69, 9.17) is 8.92 Å². The SMILES string of the molecule is CC(C)(C)OC(=O)C(OS(=O)(=O)c1ccc([N+](=O)[O-])cc1)C(=O)C1CCCCC1. The predicted molar refractivity (Wildman–Crippen MR) is 103 cm³/mol. The first-order chi connectivity index (χ1) is 13.4. The van der Waals surface area contributed by atoms with Crippen LogP contribution in [0.4, 0.5) is 5.69 Å². The van der Waals surface area contributed by atoms with Crippen molar-refractivity contribution < 1.29 is 31.9 Å². The summed E-state index contributed by atoms with van der Waals surface area (Å²) in [6, 6.07) is 3.98. The van der Waals surface area contributed by atoms with Crippen molar-refractivity contribution in [1.82, 2.24) is 0 Å². The third-order valence-corrected chi connectivity index (χ3v) is 5.74. The molecule has 1 aromatic carbocycles. The second kappa shape index (κ2) is 9.00. The normalized spacial score (nSPS) is 16.8. The molecule has 10 heteroatoms. The first-order valence-electron chi connectivity index (χ1n) is 9.35. The van der Waals surface area contributed by atoms with Crippen LogP contribution >= 0.6 is 0 Å². The number of hydrogen-bond donors (Lipinski definition) is 0. The van der Waals surface area contributed by atoms with Crippen molar-refractivity contribution in [1.29, 1.82) is 0 Å². The fourth-order valence-electron chi connectivity index (χ4n) is 3.08. The lowest BCUT2D eigenvalue weighted by Crippen LogP contribution is -2.43. The van der Waals surface area contributed by atoms with E-state index in [1.807, 2.05) is 0 Å². The minimum absolute atomic E-state index is 0.300. The quantitative estimate of drug-likeness (QED) is 0.213. The summed E-state index contributed by atoms with van der Waals surface area (Å²) in [7, 11) is -4.53. The maximum atomic E-state index is 12.9. The van der Waals surface area contributed by atoms with Gasteiger partial charge < -0.3 is 4.74 Å². The van der Waals surface area contributed by atoms with Gasteiger partial charge in [0.15, 0.2) is 5.78 Å². The summed E-state index contributed by atoms with van der Waals surface area (Å²) in [5.74, 6) is -2.17. The van der Waals surface area contributed by atoms with E-state index in [9.17, 15) is 28.1 Å². The lowest BCUT2D eigenvalue weighted by Gasteiger charge is -2.27. The van der Waals surface area contributed by atoms with Crippen molar-refractivity contribution >= 4 is 27.6 Å². The monoisotopic (exact) mass is 427 g/mol. The van der Waals surface area contributed by atoms with Crippen molar-refractivity contribution in [3.8, 4) is 0 Å². The molecule has 0 aromatic heterocycles. The smallest absolute Gasteiger partial charge is 0.345 e. The molecule has 1 fully saturated rings. The van der Waals surface area contributed by atoms with E-state index in [0.29, 0.717) is 12.8 Å². The molecule has 0 N–H and O–H groups in total. The van der Waals surface area contributed by atoms with Gasteiger partial charge in [-0.15, -0.1) is 0 Å². The number of Topliss-reactive ketones (excluding diaryl/α,β-unsaturated/α-hetero) is 1. The molecular formula is C19H25NO8S. The van der Waals surface area contributed by atoms with Gasteiger partial charge in [-0.05, 0) is 45.7 Å². The highest BCUT2D eigenvalue weighted by Crippen LogP contribution is 2.28. The van der Waals surface area contributed by atoms with Crippen molar-refractivity contribution in [3.05, 3.63) is 34.4 Å². The highest BCUT2D eigenvalue weighted by atomic mass is 32.2. The third-order valence-electron chi connectivity index (χ3n) is 4.45. The van der Waals surface area contributed by atoms with E-state index in [-0.39, 0.29) is 5.69 Å². The van der Waals surface area contributed by atoms with E-state index in [1.165, 1.54) is 0 Å². The van der Waals surface area contributed by atoms with Gasteiger partial charge in [-0.3, -0.25) is 14.9 Å². The molecule has 1 saturated carbocycles. The molecule has 1 aliphatic carbocycles. The van der Waals surface area contributed by atoms with E-state index in [1.54, 1.807) is 20.8 Å². The van der Waals surface area contributed by atoms with Crippen LogP contribution in [0.2, 0.25) is 0 Å². The number of nitro groups is 1. The molecule has 0 spiro atoms. The predicted octanol–water partition coefficient (Wildman–Crippen LogP) is 3.16. The van der Waals surface area contributed by atoms with Crippen LogP contribution in [0.25, 0.3) is 0 Å². The van der Waals surface area contributed by atoms with Gasteiger partial charge in [-0.25, -0.2) is 8.98 Å². The Hall–Kier alpha value is -2.33. The van der Waals surface area contributed by atoms with Gasteiger partial charge in [0.25, 0.3) is 15.8 Å². The molecule has 1 aromatic rings. The molecule has 1 aliphatic rings. The Balaban J connectivity index is 2.30. The standard InChI is InChI=1S/C19H25NO8S/c1-19(2,3)27-18(22)17(16(21)13-7-5-4-6-8-13)28-29(25,26)15-11-9-14(10-12-15)20(23)24/h9-13,17H,4-8H2,1-3H3. The van der Waals surface area contributed by atoms with Crippen LogP contribution in [0.5, 0.6) is 0 Å². The first kappa shape index (κ1) is 23.0. The summed E-state index contributed by atoms with van der Waals surface area (Å²) in [5, 5.41) is 10.7. The summed E-state index contributed by atoms with van der Waals surface area (Å²) in [5.41, 5.74) is -1.24. The zero-order chi connectivity index (χ0) is 21.8. The second-order valence-electron chi connectivity index (χ2n) is 7.95. The molecule has 1 atom stereocenters. The Morgan fingerprint density at radius 1 is 1.10 bits per heavy atom. The van der Waals surface area contributed by atoms with Gasteiger partial charge in [-0.2, -0.15) is 8.42 Å². The molecule has 160 valence electrons. The van der Waals surface area contributed by atoms with E-state index in [2.05, 4.69) is 0 Å². The van der Waals surface area contributed by atoms with Gasteiger partial charge >= 0.3 is 5.97 Å². The van der Waals surface area contributed by atoms with Crippen LogP contribution in [-0.2, 0) is 28.6 Å². The molecule has 0 aliphatic heterocycles. The molecule has 9 nitrogen and oxygen atoms in total. The van der Waals surface area contributed by atoms with Crippen LogP contribution in [0.3, 0.4) is 0 Å². The minimum Gasteiger partial charge on any atom is -0.458 e. The van der Waals surface area contributed by atoms with Crippen LogP contribution in [0, 0.1) is 16.0 Å². The van der Waals surface area contributed by atoms with E-state index < -0.39 is 49.3 Å². The average Bonchev–Trinajstić information content (AvgIpc) is 2.65. The number of nitro benzene ring substituents is 1. The van der Waals surface area contributed by atoms with Gasteiger partial charge in [0, 0.05) is 18.1 Å². The largest absolute Gasteiger partial charge is 0.458 e. The number of ketones is 1. The van der Waals surface area contributed by atoms with E-state index in [0.717, 1.165) is 43.5 Å². The lowest BCUT2D eigenvalue weighted by molar-refractivity contribution is -0.384. The Kier molecular flexibility index (Phi) is 7.12. The van der Waals surface area contributed by atoms with Gasteiger partial charge in [-0.1, -0.05) is 19.3 Å². The van der Waals surface area contributed by atoms with Crippen molar-refractivity contribution in [2.24, 2.45) is 5.92 Å². The fraction of sp³-hybridized carbons (Fsp3) is 0.579. The number of benzene rings is 1. The van der Waals surface area contributed by atoms with Crippen molar-refractivity contribution in [3.63, 3.8) is 0 Å². The van der Waals surface area contributed by atoms with Crippen LogP contribution in [0.15, 0.2) is 29.2 Å². The number of hydrogen-bond acceptors (Lipinski definition) is 8. The van der Waals surface area contributed by atoms with Crippen LogP contribution in [-0.4, -0.2) is 36.8 Å². The minimum atomic E-state index is -4.53. The van der Waals surface area contributed by atoms with Gasteiger partial charge in [0.1, 0.15) is 5.60 Å². The summed E-state index contributed by atoms with van der Waals surface area (Å²) in [4.78, 5) is 35.1. The zero-order valence-corrected chi connectivity index (χ0v) is 17.4. The van der Waals surface area contributed by atoms with Gasteiger partial charge in [0.2, 0.25) is 6.10 Å². The van der Waals surface area contributed by atoms with E-state index >= 15 is 0 Å². The number of ether oxygens (including phenoxy) is 1. The molecule has 0 radical (unpaired) electrons.